The minimum atomic E-state index is -0.721. The zero-order valence-electron chi connectivity index (χ0n) is 3.24. The largest absolute Gasteiger partial charge is 0.376 e. The second-order valence-corrected chi connectivity index (χ2v) is 3.31. The molecule has 1 nitrogen and oxygen atoms in total. The summed E-state index contributed by atoms with van der Waals surface area (Å²) in [4.78, 5) is 0. The van der Waals surface area contributed by atoms with Crippen LogP contribution in [0.2, 0.25) is 0 Å². The molecule has 0 fully saturated rings. The van der Waals surface area contributed by atoms with Crippen LogP contribution in [0.5, 0.6) is 0 Å². The van der Waals surface area contributed by atoms with Gasteiger partial charge in [0.05, 0.1) is 4.20 Å². The van der Waals surface area contributed by atoms with Crippen molar-refractivity contribution >= 4 is 51.5 Å². The maximum Gasteiger partial charge on any atom is 0.150 e. The lowest BCUT2D eigenvalue weighted by Crippen LogP contribution is -2.04. The van der Waals surface area contributed by atoms with Crippen molar-refractivity contribution < 1.29 is 5.11 Å². The molecule has 0 aromatic carbocycles. The molecule has 0 rings (SSSR count). The summed E-state index contributed by atoms with van der Waals surface area (Å²) in [5, 5.41) is 8.60. The Morgan fingerprint density at radius 1 is 1.86 bits per heavy atom. The first-order valence-electron chi connectivity index (χ1n) is 1.39. The third kappa shape index (κ3) is 3.66. The number of hydrogen-bond acceptors (Lipinski definition) is 4. The summed E-state index contributed by atoms with van der Waals surface area (Å²) in [6, 6.07) is 0. The molecule has 0 amide bonds. The molecule has 0 bridgehead atoms. The summed E-state index contributed by atoms with van der Waals surface area (Å²) in [5.41, 5.74) is -0.721. The Hall–Kier alpha value is 1.10. The maximum absolute atomic E-state index is 8.60. The highest BCUT2D eigenvalue weighted by Gasteiger charge is 2.01. The minimum Gasteiger partial charge on any atom is -0.376 e. The zero-order valence-corrected chi connectivity index (χ0v) is 6.66. The fourth-order valence-corrected chi connectivity index (χ4v) is 1.22. The van der Waals surface area contributed by atoms with Crippen molar-refractivity contribution in [3.05, 3.63) is 0 Å². The normalized spacial score (nSPS) is 13.6. The fourth-order valence-electron chi connectivity index (χ4n) is 0.0451. The minimum absolute atomic E-state index is 0.264. The van der Waals surface area contributed by atoms with Gasteiger partial charge in [-0.2, -0.15) is 0 Å². The third-order valence-electron chi connectivity index (χ3n) is 0.311. The predicted molar refractivity (Wildman–Crippen MR) is 44.2 cm³/mol. The van der Waals surface area contributed by atoms with Crippen molar-refractivity contribution in [2.75, 3.05) is 0 Å². The van der Waals surface area contributed by atoms with Gasteiger partial charge in [0.25, 0.3) is 0 Å². The van der Waals surface area contributed by atoms with E-state index in [1.807, 2.05) is 0 Å². The van der Waals surface area contributed by atoms with E-state index in [1.54, 1.807) is 0 Å². The summed E-state index contributed by atoms with van der Waals surface area (Å²) in [6.07, 6.45) is 0. The van der Waals surface area contributed by atoms with Crippen LogP contribution >= 0.6 is 47.3 Å². The molecule has 0 radical (unpaired) electrons. The smallest absolute Gasteiger partial charge is 0.150 e. The molecule has 42 valence electrons. The molecular formula is C2H4OS4. The Morgan fingerprint density at radius 3 is 2.29 bits per heavy atom. The van der Waals surface area contributed by atoms with E-state index in [2.05, 4.69) is 36.5 Å². The second-order valence-electron chi connectivity index (χ2n) is 0.796. The van der Waals surface area contributed by atoms with E-state index in [0.717, 1.165) is 10.8 Å². The molecule has 0 aliphatic carbocycles. The van der Waals surface area contributed by atoms with E-state index in [4.69, 9.17) is 5.11 Å². The molecular weight excluding hydrogens is 168 g/mol. The van der Waals surface area contributed by atoms with Gasteiger partial charge in [0.15, 0.2) is 0 Å². The van der Waals surface area contributed by atoms with Gasteiger partial charge in [-0.3, -0.25) is 0 Å². The van der Waals surface area contributed by atoms with Gasteiger partial charge >= 0.3 is 0 Å². The van der Waals surface area contributed by atoms with Crippen LogP contribution in [0.15, 0.2) is 0 Å². The number of rotatable bonds is 2. The van der Waals surface area contributed by atoms with Crippen molar-refractivity contribution in [3.63, 3.8) is 0 Å². The maximum atomic E-state index is 8.60. The van der Waals surface area contributed by atoms with Crippen molar-refractivity contribution in [2.45, 2.75) is 5.44 Å². The first-order chi connectivity index (χ1) is 3.18. The van der Waals surface area contributed by atoms with Gasteiger partial charge in [0, 0.05) is 0 Å². The highest BCUT2D eigenvalue weighted by molar-refractivity contribution is 8.69. The van der Waals surface area contributed by atoms with Crippen LogP contribution in [-0.4, -0.2) is 14.7 Å². The van der Waals surface area contributed by atoms with Crippen LogP contribution < -0.4 is 0 Å². The van der Waals surface area contributed by atoms with Gasteiger partial charge < -0.3 is 5.11 Å². The SMILES string of the molecule is OC(SS)C(=S)S. The second kappa shape index (κ2) is 4.03. The molecule has 1 unspecified atom stereocenters. The average molecular weight is 172 g/mol. The number of aliphatic hydroxyl groups excluding tert-OH is 1. The van der Waals surface area contributed by atoms with Crippen LogP contribution in [0, 0.1) is 0 Å². The summed E-state index contributed by atoms with van der Waals surface area (Å²) in [7, 11) is 0.965. The molecule has 0 aliphatic rings. The Labute approximate surface area is 62.1 Å². The topological polar surface area (TPSA) is 20.2 Å². The fraction of sp³-hybridized carbons (Fsp3) is 0.500. The van der Waals surface area contributed by atoms with Gasteiger partial charge in [-0.25, -0.2) is 0 Å². The standard InChI is InChI=1S/C2H4OS4/c3-1(7-6)2(4)5/h1,3,6H,(H,4,5). The quantitative estimate of drug-likeness (QED) is 0.251. The summed E-state index contributed by atoms with van der Waals surface area (Å²) in [6.45, 7) is 0. The highest BCUT2D eigenvalue weighted by Crippen LogP contribution is 2.14. The van der Waals surface area contributed by atoms with Gasteiger partial charge in [0.1, 0.15) is 5.44 Å². The first-order valence-corrected chi connectivity index (χ1v) is 4.18. The monoisotopic (exact) mass is 172 g/mol. The molecule has 0 spiro atoms. The van der Waals surface area contributed by atoms with E-state index >= 15 is 0 Å². The van der Waals surface area contributed by atoms with E-state index < -0.39 is 5.44 Å². The van der Waals surface area contributed by atoms with Gasteiger partial charge in [-0.1, -0.05) is 23.0 Å². The van der Waals surface area contributed by atoms with Crippen molar-refractivity contribution in [2.24, 2.45) is 0 Å². The van der Waals surface area contributed by atoms with Crippen molar-refractivity contribution in [3.8, 4) is 0 Å². The van der Waals surface area contributed by atoms with Gasteiger partial charge in [-0.15, -0.1) is 24.3 Å². The summed E-state index contributed by atoms with van der Waals surface area (Å²) >= 11 is 11.8. The Bertz CT molecular complexity index is 72.1. The van der Waals surface area contributed by atoms with Gasteiger partial charge in [0.2, 0.25) is 0 Å². The molecule has 1 N–H and O–H groups in total. The third-order valence-corrected chi connectivity index (χ3v) is 2.14. The molecule has 5 heteroatoms. The van der Waals surface area contributed by atoms with E-state index in [9.17, 15) is 0 Å². The lowest BCUT2D eigenvalue weighted by molar-refractivity contribution is 0.333. The van der Waals surface area contributed by atoms with Crippen LogP contribution in [-0.2, 0) is 0 Å². The van der Waals surface area contributed by atoms with Crippen LogP contribution in [0.1, 0.15) is 0 Å². The van der Waals surface area contributed by atoms with Crippen LogP contribution in [0.25, 0.3) is 0 Å². The molecule has 1 atom stereocenters. The molecule has 0 aromatic rings. The Balaban J connectivity index is 3.34. The van der Waals surface area contributed by atoms with E-state index in [-0.39, 0.29) is 4.20 Å². The summed E-state index contributed by atoms with van der Waals surface area (Å²) < 4.78 is 0.264. The van der Waals surface area contributed by atoms with Crippen molar-refractivity contribution in [1.29, 1.82) is 0 Å². The van der Waals surface area contributed by atoms with Crippen LogP contribution in [0.4, 0.5) is 0 Å². The molecule has 0 saturated carbocycles. The van der Waals surface area contributed by atoms with E-state index in [0.29, 0.717) is 0 Å². The predicted octanol–water partition coefficient (Wildman–Crippen LogP) is 1.14. The number of aliphatic hydroxyl groups is 1. The summed E-state index contributed by atoms with van der Waals surface area (Å²) in [5.74, 6) is 0. The Morgan fingerprint density at radius 2 is 2.29 bits per heavy atom. The van der Waals surface area contributed by atoms with Crippen molar-refractivity contribution in [1.82, 2.24) is 0 Å². The average Bonchev–Trinajstić information content (AvgIpc) is 1.65. The number of thiol groups is 2. The lowest BCUT2D eigenvalue weighted by atomic mass is 10.9. The van der Waals surface area contributed by atoms with Gasteiger partial charge in [-0.05, 0) is 0 Å². The highest BCUT2D eigenvalue weighted by atomic mass is 33.1. The van der Waals surface area contributed by atoms with Crippen LogP contribution in [0.3, 0.4) is 0 Å². The molecule has 0 heterocycles. The van der Waals surface area contributed by atoms with E-state index in [1.165, 1.54) is 0 Å². The first kappa shape index (κ1) is 8.10. The lowest BCUT2D eigenvalue weighted by Gasteiger charge is -1.98. The number of thiocarbonyl (C=S) groups is 1. The zero-order chi connectivity index (χ0) is 5.86. The molecule has 7 heavy (non-hydrogen) atoms. The number of hydrogen-bond donors (Lipinski definition) is 3. The molecule has 0 saturated heterocycles. The Kier molecular flexibility index (Phi) is 4.66. The molecule has 0 aromatic heterocycles. The molecule has 0 aliphatic heterocycles.